The molecule has 0 aliphatic carbocycles. The first kappa shape index (κ1) is 19.3. The molecular weight excluding hydrogens is 318 g/mol. The van der Waals surface area contributed by atoms with Crippen molar-refractivity contribution in [2.45, 2.75) is 59.0 Å². The zero-order valence-electron chi connectivity index (χ0n) is 15.5. The Bertz CT molecular complexity index is 599. The minimum Gasteiger partial charge on any atom is -0.486 e. The molecule has 1 atom stereocenters. The van der Waals surface area contributed by atoms with Crippen LogP contribution >= 0.6 is 0 Å². The number of rotatable bonds is 9. The lowest BCUT2D eigenvalue weighted by Crippen LogP contribution is -2.42. The molecule has 1 aliphatic rings. The molecular formula is C20H29NO4. The summed E-state index contributed by atoms with van der Waals surface area (Å²) in [5.74, 6) is 0.491. The zero-order valence-corrected chi connectivity index (χ0v) is 15.5. The number of ether oxygens (including phenoxy) is 2. The van der Waals surface area contributed by atoms with Crippen molar-refractivity contribution in [3.63, 3.8) is 0 Å². The lowest BCUT2D eigenvalue weighted by atomic mass is 10.1. The van der Waals surface area contributed by atoms with E-state index in [1.54, 1.807) is 12.1 Å². The van der Waals surface area contributed by atoms with E-state index >= 15 is 0 Å². The third-order valence-corrected chi connectivity index (χ3v) is 4.46. The monoisotopic (exact) mass is 347 g/mol. The Morgan fingerprint density at radius 2 is 2.04 bits per heavy atom. The standard InChI is InChI=1S/C20H29NO4/c1-4-6-7-8-11-24-20(23)14-21-13-17(5-2)25-19-10-9-16(15(3)22)12-18(19)21/h9-10,12,17H,4-8,11,13-14H2,1-3H3. The topological polar surface area (TPSA) is 55.8 Å². The van der Waals surface area contributed by atoms with Crippen molar-refractivity contribution in [2.75, 3.05) is 24.6 Å². The first-order valence-electron chi connectivity index (χ1n) is 9.27. The van der Waals surface area contributed by atoms with Gasteiger partial charge in [-0.3, -0.25) is 9.59 Å². The lowest BCUT2D eigenvalue weighted by molar-refractivity contribution is -0.142. The average molecular weight is 347 g/mol. The molecule has 0 saturated carbocycles. The van der Waals surface area contributed by atoms with Gasteiger partial charge < -0.3 is 14.4 Å². The summed E-state index contributed by atoms with van der Waals surface area (Å²) in [6.45, 7) is 7.03. The predicted octanol–water partition coefficient (Wildman–Crippen LogP) is 3.99. The van der Waals surface area contributed by atoms with Gasteiger partial charge in [0.05, 0.1) is 18.8 Å². The minimum absolute atomic E-state index is 0.00105. The predicted molar refractivity (Wildman–Crippen MR) is 98.5 cm³/mol. The van der Waals surface area contributed by atoms with E-state index in [9.17, 15) is 9.59 Å². The molecule has 5 heteroatoms. The van der Waals surface area contributed by atoms with Crippen LogP contribution in [0, 0.1) is 0 Å². The van der Waals surface area contributed by atoms with E-state index in [0.717, 1.165) is 37.1 Å². The highest BCUT2D eigenvalue weighted by atomic mass is 16.5. The number of benzene rings is 1. The van der Waals surface area contributed by atoms with Crippen LogP contribution in [0.25, 0.3) is 0 Å². The Kier molecular flexibility index (Phi) is 7.29. The van der Waals surface area contributed by atoms with Crippen molar-refractivity contribution in [3.8, 4) is 5.75 Å². The Morgan fingerprint density at radius 1 is 1.24 bits per heavy atom. The quantitative estimate of drug-likeness (QED) is 0.384. The smallest absolute Gasteiger partial charge is 0.325 e. The van der Waals surface area contributed by atoms with E-state index in [1.165, 1.54) is 13.3 Å². The largest absolute Gasteiger partial charge is 0.486 e. The molecule has 1 aliphatic heterocycles. The second kappa shape index (κ2) is 9.44. The van der Waals surface area contributed by atoms with Crippen molar-refractivity contribution in [3.05, 3.63) is 23.8 Å². The Labute approximate surface area is 150 Å². The normalized spacial score (nSPS) is 16.1. The van der Waals surface area contributed by atoms with Crippen LogP contribution in [0.2, 0.25) is 0 Å². The van der Waals surface area contributed by atoms with E-state index in [2.05, 4.69) is 13.8 Å². The molecule has 25 heavy (non-hydrogen) atoms. The number of nitrogens with zero attached hydrogens (tertiary/aromatic N) is 1. The molecule has 0 radical (unpaired) electrons. The number of ketones is 1. The number of carbonyl (C=O) groups is 2. The minimum atomic E-state index is -0.229. The molecule has 0 fully saturated rings. The van der Waals surface area contributed by atoms with E-state index in [1.807, 2.05) is 11.0 Å². The number of Topliss-reactive ketones (excluding diaryl/α,β-unsaturated/α-hetero) is 1. The van der Waals surface area contributed by atoms with Crippen molar-refractivity contribution in [2.24, 2.45) is 0 Å². The molecule has 5 nitrogen and oxygen atoms in total. The van der Waals surface area contributed by atoms with Crippen LogP contribution in [0.4, 0.5) is 5.69 Å². The summed E-state index contributed by atoms with van der Waals surface area (Å²) < 4.78 is 11.3. The van der Waals surface area contributed by atoms with E-state index in [4.69, 9.17) is 9.47 Å². The summed E-state index contributed by atoms with van der Waals surface area (Å²) in [6, 6.07) is 5.39. The second-order valence-corrected chi connectivity index (χ2v) is 6.55. The van der Waals surface area contributed by atoms with Gasteiger partial charge >= 0.3 is 5.97 Å². The number of hydrogen-bond donors (Lipinski definition) is 0. The number of anilines is 1. The van der Waals surface area contributed by atoms with Gasteiger partial charge in [0.2, 0.25) is 0 Å². The Morgan fingerprint density at radius 3 is 2.72 bits per heavy atom. The number of hydrogen-bond acceptors (Lipinski definition) is 5. The highest BCUT2D eigenvalue weighted by Gasteiger charge is 2.27. The van der Waals surface area contributed by atoms with Crippen molar-refractivity contribution in [1.29, 1.82) is 0 Å². The van der Waals surface area contributed by atoms with Gasteiger partial charge in [0.25, 0.3) is 0 Å². The number of esters is 1. The van der Waals surface area contributed by atoms with Crippen LogP contribution in [0.1, 0.15) is 63.2 Å². The number of unbranched alkanes of at least 4 members (excludes halogenated alkanes) is 3. The van der Waals surface area contributed by atoms with Crippen LogP contribution in [0.3, 0.4) is 0 Å². The van der Waals surface area contributed by atoms with Crippen molar-refractivity contribution >= 4 is 17.4 Å². The van der Waals surface area contributed by atoms with Gasteiger partial charge in [0.15, 0.2) is 5.78 Å². The maximum absolute atomic E-state index is 12.2. The molecule has 0 saturated heterocycles. The first-order valence-corrected chi connectivity index (χ1v) is 9.27. The fourth-order valence-corrected chi connectivity index (χ4v) is 2.92. The van der Waals surface area contributed by atoms with E-state index in [-0.39, 0.29) is 24.4 Å². The van der Waals surface area contributed by atoms with Crippen molar-refractivity contribution < 1.29 is 19.1 Å². The fourth-order valence-electron chi connectivity index (χ4n) is 2.92. The molecule has 0 aromatic heterocycles. The first-order chi connectivity index (χ1) is 12.0. The highest BCUT2D eigenvalue weighted by Crippen LogP contribution is 2.35. The molecule has 2 rings (SSSR count). The number of fused-ring (bicyclic) bond motifs is 1. The third-order valence-electron chi connectivity index (χ3n) is 4.46. The maximum Gasteiger partial charge on any atom is 0.325 e. The molecule has 1 unspecified atom stereocenters. The summed E-state index contributed by atoms with van der Waals surface area (Å²) >= 11 is 0. The average Bonchev–Trinajstić information content (AvgIpc) is 2.60. The summed E-state index contributed by atoms with van der Waals surface area (Å²) in [5.41, 5.74) is 1.41. The maximum atomic E-state index is 12.2. The van der Waals surface area contributed by atoms with Crippen LogP contribution in [0.15, 0.2) is 18.2 Å². The van der Waals surface area contributed by atoms with Gasteiger partial charge in [0.1, 0.15) is 18.4 Å². The van der Waals surface area contributed by atoms with Crippen LogP contribution in [-0.4, -0.2) is 37.6 Å². The summed E-state index contributed by atoms with van der Waals surface area (Å²) in [7, 11) is 0. The van der Waals surface area contributed by atoms with Crippen molar-refractivity contribution in [1.82, 2.24) is 0 Å². The van der Waals surface area contributed by atoms with Crippen LogP contribution in [-0.2, 0) is 9.53 Å². The van der Waals surface area contributed by atoms with Gasteiger partial charge in [-0.1, -0.05) is 33.1 Å². The molecule has 1 aromatic rings. The van der Waals surface area contributed by atoms with E-state index < -0.39 is 0 Å². The van der Waals surface area contributed by atoms with Gasteiger partial charge in [-0.15, -0.1) is 0 Å². The van der Waals surface area contributed by atoms with Gasteiger partial charge in [-0.2, -0.15) is 0 Å². The highest BCUT2D eigenvalue weighted by molar-refractivity contribution is 5.95. The second-order valence-electron chi connectivity index (χ2n) is 6.55. The van der Waals surface area contributed by atoms with Gasteiger partial charge in [0, 0.05) is 5.56 Å². The molecule has 1 heterocycles. The molecule has 1 aromatic carbocycles. The fraction of sp³-hybridized carbons (Fsp3) is 0.600. The number of carbonyl (C=O) groups excluding carboxylic acids is 2. The molecule has 0 spiro atoms. The van der Waals surface area contributed by atoms with E-state index in [0.29, 0.717) is 18.7 Å². The van der Waals surface area contributed by atoms with Gasteiger partial charge in [-0.25, -0.2) is 0 Å². The summed E-state index contributed by atoms with van der Waals surface area (Å²) in [4.78, 5) is 25.8. The third kappa shape index (κ3) is 5.48. The SMILES string of the molecule is CCCCCCOC(=O)CN1CC(CC)Oc2ccc(C(C)=O)cc21. The summed E-state index contributed by atoms with van der Waals surface area (Å²) in [6.07, 6.45) is 5.22. The lowest BCUT2D eigenvalue weighted by Gasteiger charge is -2.35. The Balaban J connectivity index is 2.02. The van der Waals surface area contributed by atoms with Gasteiger partial charge in [-0.05, 0) is 38.0 Å². The Hall–Kier alpha value is -2.04. The zero-order chi connectivity index (χ0) is 18.2. The summed E-state index contributed by atoms with van der Waals surface area (Å²) in [5, 5.41) is 0. The molecule has 0 bridgehead atoms. The molecule has 0 N–H and O–H groups in total. The van der Waals surface area contributed by atoms with Crippen LogP contribution in [0.5, 0.6) is 5.75 Å². The molecule has 0 amide bonds. The van der Waals surface area contributed by atoms with Crippen LogP contribution < -0.4 is 9.64 Å². The molecule has 138 valence electrons.